The van der Waals surface area contributed by atoms with Crippen molar-refractivity contribution in [2.24, 2.45) is 0 Å². The molecule has 2 N–H and O–H groups in total. The number of nitrogens with zero attached hydrogens (tertiary/aromatic N) is 1. The maximum atomic E-state index is 11.6. The zero-order valence-electron chi connectivity index (χ0n) is 13.3. The van der Waals surface area contributed by atoms with E-state index >= 15 is 0 Å². The number of pyridine rings is 1. The zero-order chi connectivity index (χ0) is 16.8. The van der Waals surface area contributed by atoms with Gasteiger partial charge in [-0.15, -0.1) is 0 Å². The van der Waals surface area contributed by atoms with E-state index in [1.807, 2.05) is 6.92 Å². The molecule has 0 bridgehead atoms. The Hall–Kier alpha value is -2.37. The highest BCUT2D eigenvalue weighted by Gasteiger charge is 2.16. The minimum atomic E-state index is -0.933. The molecule has 0 unspecified atom stereocenters. The number of nitrogens with one attached hydrogen (secondary N) is 1. The van der Waals surface area contributed by atoms with E-state index in [2.05, 4.69) is 10.3 Å². The van der Waals surface area contributed by atoms with Gasteiger partial charge in [-0.25, -0.2) is 14.6 Å². The van der Waals surface area contributed by atoms with Gasteiger partial charge in [0.2, 0.25) is 0 Å². The molecule has 6 nitrogen and oxygen atoms in total. The van der Waals surface area contributed by atoms with Crippen molar-refractivity contribution in [3.63, 3.8) is 0 Å². The van der Waals surface area contributed by atoms with Crippen LogP contribution in [0.25, 0.3) is 0 Å². The summed E-state index contributed by atoms with van der Waals surface area (Å²) < 4.78 is 5.12. The van der Waals surface area contributed by atoms with E-state index in [9.17, 15) is 9.59 Å². The van der Waals surface area contributed by atoms with Crippen LogP contribution in [0.4, 0.5) is 10.6 Å². The van der Waals surface area contributed by atoms with Gasteiger partial charge < -0.3 is 9.84 Å². The van der Waals surface area contributed by atoms with Gasteiger partial charge in [0.05, 0.1) is 0 Å². The number of aromatic nitrogens is 1. The topological polar surface area (TPSA) is 88.5 Å². The van der Waals surface area contributed by atoms with Crippen molar-refractivity contribution in [3.8, 4) is 0 Å². The number of allylic oxidation sites excluding steroid dienone is 1. The van der Waals surface area contributed by atoms with E-state index in [1.165, 1.54) is 0 Å². The second-order valence-corrected chi connectivity index (χ2v) is 5.80. The molecule has 0 spiro atoms. The summed E-state index contributed by atoms with van der Waals surface area (Å²) in [6.07, 6.45) is 3.59. The fraction of sp³-hybridized carbons (Fsp3) is 0.438. The van der Waals surface area contributed by atoms with Crippen LogP contribution in [0.2, 0.25) is 0 Å². The molecule has 1 rings (SSSR count). The molecule has 1 amide bonds. The maximum Gasteiger partial charge on any atom is 0.413 e. The first kappa shape index (κ1) is 17.7. The predicted octanol–water partition coefficient (Wildman–Crippen LogP) is 3.39. The quantitative estimate of drug-likeness (QED) is 0.814. The van der Waals surface area contributed by atoms with Gasteiger partial charge in [0.25, 0.3) is 0 Å². The smallest absolute Gasteiger partial charge is 0.413 e. The Kier molecular flexibility index (Phi) is 6.10. The summed E-state index contributed by atoms with van der Waals surface area (Å²) in [5, 5.41) is 11.6. The molecule has 0 aliphatic heterocycles. The van der Waals surface area contributed by atoms with Crippen molar-refractivity contribution in [2.45, 2.75) is 46.1 Å². The normalized spacial score (nSPS) is 11.9. The van der Waals surface area contributed by atoms with Gasteiger partial charge >= 0.3 is 12.1 Å². The van der Waals surface area contributed by atoms with Gasteiger partial charge in [-0.3, -0.25) is 5.32 Å². The van der Waals surface area contributed by atoms with E-state index in [1.54, 1.807) is 45.2 Å². The largest absolute Gasteiger partial charge is 0.478 e. The second kappa shape index (κ2) is 7.59. The summed E-state index contributed by atoms with van der Waals surface area (Å²) in [5.74, 6) is -0.577. The molecule has 0 fully saturated rings. The minimum Gasteiger partial charge on any atom is -0.478 e. The summed E-state index contributed by atoms with van der Waals surface area (Å²) in [6.45, 7) is 7.21. The highest BCUT2D eigenvalue weighted by molar-refractivity contribution is 5.87. The Morgan fingerprint density at radius 2 is 2.05 bits per heavy atom. The fourth-order valence-electron chi connectivity index (χ4n) is 1.71. The summed E-state index contributed by atoms with van der Waals surface area (Å²) in [5.41, 5.74) is 0.514. The van der Waals surface area contributed by atoms with Crippen molar-refractivity contribution in [1.29, 1.82) is 0 Å². The number of hydrogen-bond acceptors (Lipinski definition) is 4. The summed E-state index contributed by atoms with van der Waals surface area (Å²) in [7, 11) is 0. The summed E-state index contributed by atoms with van der Waals surface area (Å²) in [6, 6.07) is 3.34. The van der Waals surface area contributed by atoms with Crippen LogP contribution in [0.15, 0.2) is 30.0 Å². The van der Waals surface area contributed by atoms with E-state index in [0.717, 1.165) is 5.56 Å². The Morgan fingerprint density at radius 3 is 2.50 bits per heavy atom. The van der Waals surface area contributed by atoms with Crippen molar-refractivity contribution in [2.75, 3.05) is 5.32 Å². The lowest BCUT2D eigenvalue weighted by Gasteiger charge is -2.19. The van der Waals surface area contributed by atoms with Gasteiger partial charge in [0.1, 0.15) is 11.4 Å². The fourth-order valence-corrected chi connectivity index (χ4v) is 1.71. The third-order valence-corrected chi connectivity index (χ3v) is 2.57. The lowest BCUT2D eigenvalue weighted by Crippen LogP contribution is -2.27. The SMILES string of the molecule is CCC=C(Cc1ccc(NC(=O)OC(C)(C)C)nc1)C(=O)O. The highest BCUT2D eigenvalue weighted by Crippen LogP contribution is 2.13. The molecule has 0 aliphatic rings. The van der Waals surface area contributed by atoms with Crippen LogP contribution in [0.1, 0.15) is 39.7 Å². The Balaban J connectivity index is 2.69. The Morgan fingerprint density at radius 1 is 1.36 bits per heavy atom. The molecule has 0 aromatic carbocycles. The van der Waals surface area contributed by atoms with Crippen LogP contribution in [-0.2, 0) is 16.0 Å². The number of carbonyl (C=O) groups is 2. The summed E-state index contributed by atoms with van der Waals surface area (Å²) >= 11 is 0. The van der Waals surface area contributed by atoms with Crippen LogP contribution in [0.3, 0.4) is 0 Å². The van der Waals surface area contributed by atoms with Crippen LogP contribution in [0, 0.1) is 0 Å². The number of anilines is 1. The number of carboxylic acid groups (broad SMARTS) is 1. The molecule has 0 radical (unpaired) electrons. The lowest BCUT2D eigenvalue weighted by atomic mass is 10.1. The lowest BCUT2D eigenvalue weighted by molar-refractivity contribution is -0.132. The van der Waals surface area contributed by atoms with E-state index in [4.69, 9.17) is 9.84 Å². The number of carboxylic acids is 1. The van der Waals surface area contributed by atoms with Crippen LogP contribution in [0.5, 0.6) is 0 Å². The predicted molar refractivity (Wildman–Crippen MR) is 83.8 cm³/mol. The Bertz CT molecular complexity index is 557. The monoisotopic (exact) mass is 306 g/mol. The standard InChI is InChI=1S/C16H22N2O4/c1-5-6-12(14(19)20)9-11-7-8-13(17-10-11)18-15(21)22-16(2,3)4/h6-8,10H,5,9H2,1-4H3,(H,19,20)(H,17,18,21). The van der Waals surface area contributed by atoms with E-state index in [-0.39, 0.29) is 0 Å². The molecule has 0 atom stereocenters. The first-order chi connectivity index (χ1) is 10.2. The van der Waals surface area contributed by atoms with E-state index < -0.39 is 17.7 Å². The van der Waals surface area contributed by atoms with Gasteiger partial charge in [0.15, 0.2) is 0 Å². The second-order valence-electron chi connectivity index (χ2n) is 5.80. The summed E-state index contributed by atoms with van der Waals surface area (Å²) in [4.78, 5) is 26.8. The number of amides is 1. The third kappa shape index (κ3) is 6.39. The average molecular weight is 306 g/mol. The van der Waals surface area contributed by atoms with Crippen LogP contribution in [-0.4, -0.2) is 27.8 Å². The number of carbonyl (C=O) groups excluding carboxylic acids is 1. The highest BCUT2D eigenvalue weighted by atomic mass is 16.6. The first-order valence-corrected chi connectivity index (χ1v) is 7.08. The molecule has 1 aromatic heterocycles. The van der Waals surface area contributed by atoms with E-state index in [0.29, 0.717) is 24.2 Å². The molecule has 1 aromatic rings. The van der Waals surface area contributed by atoms with Gasteiger partial charge in [0, 0.05) is 18.2 Å². The van der Waals surface area contributed by atoms with Gasteiger partial charge in [-0.2, -0.15) is 0 Å². The van der Waals surface area contributed by atoms with Crippen molar-refractivity contribution in [1.82, 2.24) is 4.98 Å². The number of rotatable bonds is 5. The third-order valence-electron chi connectivity index (χ3n) is 2.57. The minimum absolute atomic E-state index is 0.295. The van der Waals surface area contributed by atoms with Crippen LogP contribution < -0.4 is 5.32 Å². The van der Waals surface area contributed by atoms with Gasteiger partial charge in [-0.1, -0.05) is 19.1 Å². The Labute approximate surface area is 130 Å². The molecule has 0 saturated carbocycles. The molecule has 6 heteroatoms. The number of hydrogen-bond donors (Lipinski definition) is 2. The maximum absolute atomic E-state index is 11.6. The van der Waals surface area contributed by atoms with Crippen molar-refractivity contribution in [3.05, 3.63) is 35.5 Å². The molecule has 22 heavy (non-hydrogen) atoms. The molecule has 120 valence electrons. The van der Waals surface area contributed by atoms with Crippen molar-refractivity contribution >= 4 is 17.9 Å². The molecule has 0 aliphatic carbocycles. The molecular formula is C16H22N2O4. The average Bonchev–Trinajstić information content (AvgIpc) is 2.38. The molecule has 0 saturated heterocycles. The zero-order valence-corrected chi connectivity index (χ0v) is 13.3. The van der Waals surface area contributed by atoms with Gasteiger partial charge in [-0.05, 0) is 38.8 Å². The molecular weight excluding hydrogens is 284 g/mol. The number of aliphatic carboxylic acids is 1. The molecule has 1 heterocycles. The number of ether oxygens (including phenoxy) is 1. The van der Waals surface area contributed by atoms with Crippen molar-refractivity contribution < 1.29 is 19.4 Å². The first-order valence-electron chi connectivity index (χ1n) is 7.08. The van der Waals surface area contributed by atoms with Crippen LogP contribution >= 0.6 is 0 Å².